The molecule has 2 heterocycles. The minimum absolute atomic E-state index is 0.0151. The van der Waals surface area contributed by atoms with Crippen LogP contribution >= 0.6 is 0 Å². The third-order valence-corrected chi connectivity index (χ3v) is 5.51. The van der Waals surface area contributed by atoms with Crippen molar-refractivity contribution in [3.63, 3.8) is 0 Å². The van der Waals surface area contributed by atoms with Crippen LogP contribution in [-0.4, -0.2) is 29.4 Å². The monoisotopic (exact) mass is 416 g/mol. The molecule has 0 fully saturated rings. The zero-order valence-corrected chi connectivity index (χ0v) is 16.4. The molecule has 30 heavy (non-hydrogen) atoms. The second kappa shape index (κ2) is 7.60. The van der Waals surface area contributed by atoms with Crippen molar-refractivity contribution < 1.29 is 22.7 Å². The van der Waals surface area contributed by atoms with E-state index in [4.69, 9.17) is 4.74 Å². The number of halogens is 3. The van der Waals surface area contributed by atoms with Crippen molar-refractivity contribution in [3.05, 3.63) is 80.5 Å². The maximum absolute atomic E-state index is 14.2. The van der Waals surface area contributed by atoms with Gasteiger partial charge in [-0.3, -0.25) is 9.59 Å². The molecule has 0 unspecified atom stereocenters. The third kappa shape index (κ3) is 3.27. The molecule has 3 aromatic rings. The van der Waals surface area contributed by atoms with Crippen LogP contribution in [0, 0.1) is 17.5 Å². The summed E-state index contributed by atoms with van der Waals surface area (Å²) >= 11 is 0. The maximum atomic E-state index is 14.2. The lowest BCUT2D eigenvalue weighted by Crippen LogP contribution is -2.37. The molecule has 1 amide bonds. The number of carbonyl (C=O) groups excluding carboxylic acids is 1. The van der Waals surface area contributed by atoms with Gasteiger partial charge in [-0.2, -0.15) is 0 Å². The number of amides is 1. The van der Waals surface area contributed by atoms with E-state index < -0.39 is 35.0 Å². The molecule has 1 N–H and O–H groups in total. The summed E-state index contributed by atoms with van der Waals surface area (Å²) in [7, 11) is 1.52. The molecule has 1 aromatic heterocycles. The summed E-state index contributed by atoms with van der Waals surface area (Å²) < 4.78 is 47.4. The molecule has 2 aromatic carbocycles. The second-order valence-electron chi connectivity index (χ2n) is 7.26. The number of rotatable bonds is 3. The van der Waals surface area contributed by atoms with E-state index in [-0.39, 0.29) is 29.5 Å². The molecule has 1 atom stereocenters. The number of aromatic amines is 1. The lowest BCUT2D eigenvalue weighted by atomic mass is 9.95. The molecule has 0 saturated carbocycles. The van der Waals surface area contributed by atoms with Crippen molar-refractivity contribution in [1.29, 1.82) is 0 Å². The van der Waals surface area contributed by atoms with E-state index in [1.54, 1.807) is 12.1 Å². The zero-order valence-electron chi connectivity index (χ0n) is 16.4. The zero-order chi connectivity index (χ0) is 21.6. The fraction of sp³-hybridized carbons (Fsp3) is 0.273. The third-order valence-electron chi connectivity index (χ3n) is 5.51. The van der Waals surface area contributed by atoms with Gasteiger partial charge < -0.3 is 14.6 Å². The van der Waals surface area contributed by atoms with Gasteiger partial charge in [0.05, 0.1) is 24.6 Å². The highest BCUT2D eigenvalue weighted by atomic mass is 19.2. The predicted molar refractivity (Wildman–Crippen MR) is 105 cm³/mol. The number of aromatic nitrogens is 1. The van der Waals surface area contributed by atoms with Crippen molar-refractivity contribution in [3.8, 4) is 0 Å². The van der Waals surface area contributed by atoms with Gasteiger partial charge in [0.15, 0.2) is 11.6 Å². The van der Waals surface area contributed by atoms with E-state index in [1.807, 2.05) is 6.92 Å². The van der Waals surface area contributed by atoms with Crippen LogP contribution in [0.25, 0.3) is 10.8 Å². The summed E-state index contributed by atoms with van der Waals surface area (Å²) in [5.41, 5.74) is 0.961. The van der Waals surface area contributed by atoms with Gasteiger partial charge in [0.1, 0.15) is 5.82 Å². The number of hydrogen-bond donors (Lipinski definition) is 1. The first-order chi connectivity index (χ1) is 14.3. The summed E-state index contributed by atoms with van der Waals surface area (Å²) in [5.74, 6) is -3.15. The minimum Gasteiger partial charge on any atom is -0.373 e. The van der Waals surface area contributed by atoms with Gasteiger partial charge in [-0.25, -0.2) is 13.2 Å². The topological polar surface area (TPSA) is 62.4 Å². The molecule has 4 rings (SSSR count). The molecule has 0 saturated heterocycles. The van der Waals surface area contributed by atoms with Gasteiger partial charge in [-0.1, -0.05) is 13.0 Å². The van der Waals surface area contributed by atoms with E-state index in [9.17, 15) is 22.8 Å². The number of nitrogens with one attached hydrogen (secondary N) is 1. The molecule has 0 aliphatic carbocycles. The summed E-state index contributed by atoms with van der Waals surface area (Å²) in [4.78, 5) is 29.3. The number of ether oxygens (including phenoxy) is 1. The lowest BCUT2D eigenvalue weighted by molar-refractivity contribution is 0.0335. The normalized spacial score (nSPS) is 15.8. The van der Waals surface area contributed by atoms with E-state index in [2.05, 4.69) is 4.98 Å². The van der Waals surface area contributed by atoms with Crippen LogP contribution in [0.15, 0.2) is 35.1 Å². The van der Waals surface area contributed by atoms with Crippen LogP contribution in [0.4, 0.5) is 13.2 Å². The SMILES string of the molecule is CCc1ccc(C(=O)N(C)[C@H]2COCc3[nH]c(=O)c4cc(F)c(F)cc4c32)cc1F. The van der Waals surface area contributed by atoms with Gasteiger partial charge in [0, 0.05) is 23.9 Å². The fourth-order valence-corrected chi connectivity index (χ4v) is 3.86. The van der Waals surface area contributed by atoms with Crippen molar-refractivity contribution in [2.24, 2.45) is 0 Å². The molecule has 156 valence electrons. The summed E-state index contributed by atoms with van der Waals surface area (Å²) in [5, 5.41) is 0.201. The van der Waals surface area contributed by atoms with Crippen LogP contribution in [-0.2, 0) is 17.8 Å². The number of aryl methyl sites for hydroxylation is 1. The Bertz CT molecular complexity index is 1220. The molecule has 0 radical (unpaired) electrons. The Kier molecular flexibility index (Phi) is 5.11. The number of carbonyl (C=O) groups is 1. The van der Waals surface area contributed by atoms with Crippen LogP contribution in [0.1, 0.15) is 40.1 Å². The Morgan fingerprint density at radius 1 is 1.13 bits per heavy atom. The van der Waals surface area contributed by atoms with Crippen LogP contribution < -0.4 is 5.56 Å². The highest BCUT2D eigenvalue weighted by Crippen LogP contribution is 2.34. The summed E-state index contributed by atoms with van der Waals surface area (Å²) in [6.45, 7) is 1.97. The Morgan fingerprint density at radius 3 is 2.50 bits per heavy atom. The van der Waals surface area contributed by atoms with Gasteiger partial charge in [-0.05, 0) is 41.6 Å². The average Bonchev–Trinajstić information content (AvgIpc) is 2.73. The van der Waals surface area contributed by atoms with E-state index in [0.717, 1.165) is 12.1 Å². The first-order valence-corrected chi connectivity index (χ1v) is 9.49. The molecule has 1 aliphatic heterocycles. The Labute approximate surface area is 170 Å². The summed E-state index contributed by atoms with van der Waals surface area (Å²) in [6, 6.07) is 5.42. The van der Waals surface area contributed by atoms with E-state index in [1.165, 1.54) is 18.0 Å². The molecular formula is C22H19F3N2O3. The van der Waals surface area contributed by atoms with E-state index in [0.29, 0.717) is 23.2 Å². The molecule has 0 bridgehead atoms. The smallest absolute Gasteiger partial charge is 0.256 e. The first-order valence-electron chi connectivity index (χ1n) is 9.49. The lowest BCUT2D eigenvalue weighted by Gasteiger charge is -2.34. The largest absolute Gasteiger partial charge is 0.373 e. The number of pyridine rings is 1. The predicted octanol–water partition coefficient (Wildman–Crippen LogP) is 3.85. The van der Waals surface area contributed by atoms with Crippen LogP contribution in [0.2, 0.25) is 0 Å². The van der Waals surface area contributed by atoms with Crippen molar-refractivity contribution in [2.45, 2.75) is 26.0 Å². The summed E-state index contributed by atoms with van der Waals surface area (Å²) in [6.07, 6.45) is 0.501. The van der Waals surface area contributed by atoms with Gasteiger partial charge >= 0.3 is 0 Å². The maximum Gasteiger partial charge on any atom is 0.256 e. The number of hydrogen-bond acceptors (Lipinski definition) is 3. The van der Waals surface area contributed by atoms with Crippen molar-refractivity contribution >= 4 is 16.7 Å². The van der Waals surface area contributed by atoms with Crippen LogP contribution in [0.5, 0.6) is 0 Å². The number of H-pyrrole nitrogens is 1. The standard InChI is InChI=1S/C22H19F3N2O3/c1-3-11-4-5-12(6-15(11)23)22(29)27(2)19-10-30-9-18-20(19)13-7-16(24)17(25)8-14(13)21(28)26-18/h4-8,19H,3,9-10H2,1-2H3,(H,26,28)/t19-/m0/s1. The average molecular weight is 416 g/mol. The minimum atomic E-state index is -1.13. The number of nitrogens with zero attached hydrogens (tertiary/aromatic N) is 1. The van der Waals surface area contributed by atoms with E-state index >= 15 is 0 Å². The van der Waals surface area contributed by atoms with Gasteiger partial charge in [0.25, 0.3) is 11.5 Å². The fourth-order valence-electron chi connectivity index (χ4n) is 3.86. The quantitative estimate of drug-likeness (QED) is 0.706. The molecular weight excluding hydrogens is 397 g/mol. The van der Waals surface area contributed by atoms with Crippen molar-refractivity contribution in [2.75, 3.05) is 13.7 Å². The second-order valence-corrected chi connectivity index (χ2v) is 7.26. The van der Waals surface area contributed by atoms with Crippen molar-refractivity contribution in [1.82, 2.24) is 9.88 Å². The number of benzene rings is 2. The van der Waals surface area contributed by atoms with Gasteiger partial charge in [-0.15, -0.1) is 0 Å². The molecule has 0 spiro atoms. The number of likely N-dealkylation sites (N-methyl/N-ethyl adjacent to an activating group) is 1. The Hall–Kier alpha value is -3.13. The highest BCUT2D eigenvalue weighted by molar-refractivity contribution is 5.95. The Balaban J connectivity index is 1.81. The highest BCUT2D eigenvalue weighted by Gasteiger charge is 2.31. The van der Waals surface area contributed by atoms with Gasteiger partial charge in [0.2, 0.25) is 0 Å². The Morgan fingerprint density at radius 2 is 1.83 bits per heavy atom. The van der Waals surface area contributed by atoms with Crippen LogP contribution in [0.3, 0.4) is 0 Å². The first kappa shape index (κ1) is 20.2. The molecule has 8 heteroatoms. The number of fused-ring (bicyclic) bond motifs is 3. The molecule has 1 aliphatic rings. The molecule has 5 nitrogen and oxygen atoms in total.